The molecule has 2 aromatic carbocycles. The molecular weight excluding hydrogens is 363 g/mol. The van der Waals surface area contributed by atoms with Gasteiger partial charge in [-0.05, 0) is 17.7 Å². The second-order valence-corrected chi connectivity index (χ2v) is 6.04. The van der Waals surface area contributed by atoms with Crippen LogP contribution in [0.1, 0.15) is 40.2 Å². The first-order valence-electron chi connectivity index (χ1n) is 8.05. The zero-order chi connectivity index (χ0) is 20.0. The highest BCUT2D eigenvalue weighted by Crippen LogP contribution is 2.31. The van der Waals surface area contributed by atoms with Gasteiger partial charge in [0.25, 0.3) is 0 Å². The van der Waals surface area contributed by atoms with E-state index in [2.05, 4.69) is 0 Å². The fourth-order valence-electron chi connectivity index (χ4n) is 2.66. The molecule has 8 heteroatoms. The fourth-order valence-corrected chi connectivity index (χ4v) is 2.66. The predicted octanol–water partition coefficient (Wildman–Crippen LogP) is 4.30. The van der Waals surface area contributed by atoms with Crippen LogP contribution in [0.3, 0.4) is 0 Å². The summed E-state index contributed by atoms with van der Waals surface area (Å²) >= 11 is 0. The van der Waals surface area contributed by atoms with Gasteiger partial charge in [-0.1, -0.05) is 42.5 Å². The first-order valence-corrected chi connectivity index (χ1v) is 8.05. The number of nitrogens with zero attached hydrogens (tertiary/aromatic N) is 1. The van der Waals surface area contributed by atoms with Crippen LogP contribution in [-0.4, -0.2) is 23.0 Å². The standard InChI is InChI=1S/C19H16F3NO4/c20-19(21,22)16-8-6-13(7-9-16)15(12-23(26)27)10-17(24)11-18(25)14-4-2-1-3-5-14/h1-9,15H,10-12H2/t15-/m0/s1. The predicted molar refractivity (Wildman–Crippen MR) is 91.1 cm³/mol. The maximum Gasteiger partial charge on any atom is 0.416 e. The molecule has 0 aromatic heterocycles. The zero-order valence-electron chi connectivity index (χ0n) is 14.1. The van der Waals surface area contributed by atoms with Crippen molar-refractivity contribution in [2.75, 3.05) is 6.54 Å². The summed E-state index contributed by atoms with van der Waals surface area (Å²) in [5.41, 5.74) is -0.275. The first-order chi connectivity index (χ1) is 12.7. The van der Waals surface area contributed by atoms with E-state index in [1.54, 1.807) is 30.3 Å². The number of hydrogen-bond acceptors (Lipinski definition) is 4. The Morgan fingerprint density at radius 1 is 1.00 bits per heavy atom. The minimum Gasteiger partial charge on any atom is -0.299 e. The Morgan fingerprint density at radius 3 is 2.11 bits per heavy atom. The van der Waals surface area contributed by atoms with E-state index in [0.29, 0.717) is 5.56 Å². The Bertz CT molecular complexity index is 817. The number of hydrogen-bond donors (Lipinski definition) is 0. The van der Waals surface area contributed by atoms with Crippen molar-refractivity contribution in [3.63, 3.8) is 0 Å². The molecule has 0 heterocycles. The summed E-state index contributed by atoms with van der Waals surface area (Å²) in [4.78, 5) is 34.5. The number of ketones is 2. The van der Waals surface area contributed by atoms with E-state index in [1.165, 1.54) is 0 Å². The number of rotatable bonds is 8. The lowest BCUT2D eigenvalue weighted by Gasteiger charge is -2.14. The molecule has 0 fully saturated rings. The molecule has 5 nitrogen and oxygen atoms in total. The van der Waals surface area contributed by atoms with E-state index in [1.807, 2.05) is 0 Å². The summed E-state index contributed by atoms with van der Waals surface area (Å²) < 4.78 is 37.9. The maximum atomic E-state index is 12.6. The number of halogens is 3. The monoisotopic (exact) mass is 379 g/mol. The highest BCUT2D eigenvalue weighted by Gasteiger charge is 2.31. The van der Waals surface area contributed by atoms with Gasteiger partial charge in [-0.25, -0.2) is 0 Å². The SMILES string of the molecule is O=C(CC(=O)c1ccccc1)C[C@@H](C[N+](=O)[O-])c1ccc(C(F)(F)F)cc1. The molecule has 0 aliphatic carbocycles. The summed E-state index contributed by atoms with van der Waals surface area (Å²) in [6.45, 7) is -0.614. The second kappa shape index (κ2) is 8.57. The van der Waals surface area contributed by atoms with Gasteiger partial charge in [0.2, 0.25) is 6.54 Å². The molecule has 0 aliphatic heterocycles. The molecular formula is C19H16F3NO4. The number of carbonyl (C=O) groups is 2. The third-order valence-electron chi connectivity index (χ3n) is 4.01. The molecule has 142 valence electrons. The third kappa shape index (κ3) is 6.02. The molecule has 0 radical (unpaired) electrons. The van der Waals surface area contributed by atoms with Gasteiger partial charge in [-0.15, -0.1) is 0 Å². The van der Waals surface area contributed by atoms with Crippen LogP contribution in [0.2, 0.25) is 0 Å². The lowest BCUT2D eigenvalue weighted by atomic mass is 9.91. The average molecular weight is 379 g/mol. The van der Waals surface area contributed by atoms with E-state index in [-0.39, 0.29) is 12.0 Å². The van der Waals surface area contributed by atoms with Gasteiger partial charge in [-0.3, -0.25) is 19.7 Å². The number of Topliss-reactive ketones (excluding diaryl/α,β-unsaturated/α-hetero) is 2. The van der Waals surface area contributed by atoms with Crippen LogP contribution in [0.15, 0.2) is 54.6 Å². The van der Waals surface area contributed by atoms with Crippen molar-refractivity contribution in [2.24, 2.45) is 0 Å². The average Bonchev–Trinajstić information content (AvgIpc) is 2.61. The van der Waals surface area contributed by atoms with Gasteiger partial charge in [0.05, 0.1) is 17.9 Å². The fraction of sp³-hybridized carbons (Fsp3) is 0.263. The van der Waals surface area contributed by atoms with Crippen LogP contribution in [-0.2, 0) is 11.0 Å². The Balaban J connectivity index is 2.11. The molecule has 0 aliphatic rings. The zero-order valence-corrected chi connectivity index (χ0v) is 14.1. The van der Waals surface area contributed by atoms with E-state index < -0.39 is 47.1 Å². The molecule has 0 unspecified atom stereocenters. The quantitative estimate of drug-likeness (QED) is 0.297. The van der Waals surface area contributed by atoms with Crippen LogP contribution in [0.4, 0.5) is 13.2 Å². The van der Waals surface area contributed by atoms with E-state index >= 15 is 0 Å². The normalized spacial score (nSPS) is 12.4. The van der Waals surface area contributed by atoms with Crippen molar-refractivity contribution in [2.45, 2.75) is 24.9 Å². The Hall–Kier alpha value is -3.03. The van der Waals surface area contributed by atoms with E-state index in [9.17, 15) is 32.9 Å². The summed E-state index contributed by atoms with van der Waals surface area (Å²) in [7, 11) is 0. The van der Waals surface area contributed by atoms with Gasteiger partial charge in [-0.2, -0.15) is 13.2 Å². The minimum absolute atomic E-state index is 0.250. The topological polar surface area (TPSA) is 77.3 Å². The molecule has 0 amide bonds. The van der Waals surface area contributed by atoms with Crippen LogP contribution in [0.5, 0.6) is 0 Å². The first kappa shape index (κ1) is 20.3. The van der Waals surface area contributed by atoms with Crippen molar-refractivity contribution >= 4 is 11.6 Å². The Kier molecular flexibility index (Phi) is 6.44. The van der Waals surface area contributed by atoms with Gasteiger partial charge in [0.15, 0.2) is 5.78 Å². The molecule has 0 saturated carbocycles. The largest absolute Gasteiger partial charge is 0.416 e. The maximum absolute atomic E-state index is 12.6. The molecule has 27 heavy (non-hydrogen) atoms. The van der Waals surface area contributed by atoms with Gasteiger partial charge >= 0.3 is 6.18 Å². The lowest BCUT2D eigenvalue weighted by molar-refractivity contribution is -0.483. The van der Waals surface area contributed by atoms with Crippen molar-refractivity contribution in [3.8, 4) is 0 Å². The summed E-state index contributed by atoms with van der Waals surface area (Å²) in [6.07, 6.45) is -5.24. The molecule has 0 saturated heterocycles. The van der Waals surface area contributed by atoms with Crippen molar-refractivity contribution < 1.29 is 27.7 Å². The van der Waals surface area contributed by atoms with Crippen LogP contribution < -0.4 is 0 Å². The number of carbonyl (C=O) groups excluding carboxylic acids is 2. The molecule has 0 N–H and O–H groups in total. The minimum atomic E-state index is -4.52. The van der Waals surface area contributed by atoms with Crippen molar-refractivity contribution in [1.82, 2.24) is 0 Å². The lowest BCUT2D eigenvalue weighted by Crippen LogP contribution is -2.18. The van der Waals surface area contributed by atoms with Crippen LogP contribution in [0.25, 0.3) is 0 Å². The molecule has 0 bridgehead atoms. The van der Waals surface area contributed by atoms with E-state index in [0.717, 1.165) is 24.3 Å². The van der Waals surface area contributed by atoms with Gasteiger partial charge < -0.3 is 0 Å². The van der Waals surface area contributed by atoms with Gasteiger partial charge in [0.1, 0.15) is 5.78 Å². The second-order valence-electron chi connectivity index (χ2n) is 6.04. The smallest absolute Gasteiger partial charge is 0.299 e. The number of benzene rings is 2. The number of nitro groups is 1. The molecule has 2 rings (SSSR count). The van der Waals surface area contributed by atoms with Crippen LogP contribution in [0, 0.1) is 10.1 Å². The van der Waals surface area contributed by atoms with Crippen LogP contribution >= 0.6 is 0 Å². The summed E-state index contributed by atoms with van der Waals surface area (Å²) in [6, 6.07) is 12.0. The van der Waals surface area contributed by atoms with E-state index in [4.69, 9.17) is 0 Å². The molecule has 0 spiro atoms. The highest BCUT2D eigenvalue weighted by molar-refractivity contribution is 6.08. The number of alkyl halides is 3. The Labute approximate surface area is 153 Å². The van der Waals surface area contributed by atoms with Crippen molar-refractivity contribution in [3.05, 3.63) is 81.4 Å². The van der Waals surface area contributed by atoms with Crippen molar-refractivity contribution in [1.29, 1.82) is 0 Å². The Morgan fingerprint density at radius 2 is 1.59 bits per heavy atom. The summed E-state index contributed by atoms with van der Waals surface area (Å²) in [5.74, 6) is -1.82. The summed E-state index contributed by atoms with van der Waals surface area (Å²) in [5, 5.41) is 10.9. The molecule has 2 aromatic rings. The highest BCUT2D eigenvalue weighted by atomic mass is 19.4. The molecule has 1 atom stereocenters. The third-order valence-corrected chi connectivity index (χ3v) is 4.01. The van der Waals surface area contributed by atoms with Gasteiger partial charge in [0, 0.05) is 16.9 Å².